The predicted octanol–water partition coefficient (Wildman–Crippen LogP) is 3.78. The summed E-state index contributed by atoms with van der Waals surface area (Å²) in [4.78, 5) is 14.0. The number of nitrogens with zero attached hydrogens (tertiary/aromatic N) is 1. The van der Waals surface area contributed by atoms with Crippen LogP contribution in [0.2, 0.25) is 0 Å². The first-order chi connectivity index (χ1) is 9.08. The van der Waals surface area contributed by atoms with E-state index in [-0.39, 0.29) is 5.78 Å². The molecule has 0 amide bonds. The number of benzene rings is 1. The van der Waals surface area contributed by atoms with Gasteiger partial charge in [0, 0.05) is 42.7 Å². The number of alkyl halides is 2. The second-order valence-electron chi connectivity index (χ2n) is 4.39. The summed E-state index contributed by atoms with van der Waals surface area (Å²) in [6.45, 7) is 5.40. The Balaban J connectivity index is 2.74. The van der Waals surface area contributed by atoms with Crippen LogP contribution in [0.15, 0.2) is 30.5 Å². The Morgan fingerprint density at radius 1 is 1.16 bits per heavy atom. The number of allylic oxidation sites excluding steroid dienone is 1. The molecule has 0 radical (unpaired) electrons. The number of aryl methyl sites for hydroxylation is 2. The smallest absolute Gasteiger partial charge is 0.187 e. The minimum atomic E-state index is -0.00255. The fourth-order valence-electron chi connectivity index (χ4n) is 1.64. The van der Waals surface area contributed by atoms with Crippen LogP contribution in [0.1, 0.15) is 21.5 Å². The van der Waals surface area contributed by atoms with Crippen LogP contribution in [0.4, 0.5) is 0 Å². The molecule has 0 heterocycles. The van der Waals surface area contributed by atoms with Gasteiger partial charge in [-0.25, -0.2) is 0 Å². The number of hydrogen-bond acceptors (Lipinski definition) is 2. The van der Waals surface area contributed by atoms with E-state index in [4.69, 9.17) is 23.2 Å². The molecule has 0 fully saturated rings. The van der Waals surface area contributed by atoms with E-state index in [1.807, 2.05) is 36.9 Å². The highest BCUT2D eigenvalue weighted by Gasteiger charge is 2.04. The molecule has 19 heavy (non-hydrogen) atoms. The predicted molar refractivity (Wildman–Crippen MR) is 82.4 cm³/mol. The van der Waals surface area contributed by atoms with Gasteiger partial charge >= 0.3 is 0 Å². The van der Waals surface area contributed by atoms with Crippen LogP contribution in [0.5, 0.6) is 0 Å². The lowest BCUT2D eigenvalue weighted by Crippen LogP contribution is -2.22. The van der Waals surface area contributed by atoms with Gasteiger partial charge < -0.3 is 4.90 Å². The molecule has 1 aromatic rings. The van der Waals surface area contributed by atoms with Crippen molar-refractivity contribution in [2.45, 2.75) is 13.8 Å². The van der Waals surface area contributed by atoms with Gasteiger partial charge in [-0.2, -0.15) is 0 Å². The van der Waals surface area contributed by atoms with E-state index in [0.717, 1.165) is 5.56 Å². The maximum absolute atomic E-state index is 12.0. The summed E-state index contributed by atoms with van der Waals surface area (Å²) < 4.78 is 0. The molecule has 0 N–H and O–H groups in total. The number of carbonyl (C=O) groups excluding carboxylic acids is 1. The van der Waals surface area contributed by atoms with Crippen molar-refractivity contribution in [3.63, 3.8) is 0 Å². The summed E-state index contributed by atoms with van der Waals surface area (Å²) in [7, 11) is 0. The van der Waals surface area contributed by atoms with Gasteiger partial charge in [0.2, 0.25) is 0 Å². The average molecular weight is 300 g/mol. The fraction of sp³-hybridized carbons (Fsp3) is 0.400. The summed E-state index contributed by atoms with van der Waals surface area (Å²) in [5, 5.41) is 0. The topological polar surface area (TPSA) is 20.3 Å². The first-order valence-electron chi connectivity index (χ1n) is 6.24. The first kappa shape index (κ1) is 16.1. The van der Waals surface area contributed by atoms with E-state index in [9.17, 15) is 4.79 Å². The van der Waals surface area contributed by atoms with Crippen molar-refractivity contribution >= 4 is 29.0 Å². The number of halogens is 2. The Kier molecular flexibility index (Phi) is 6.96. The van der Waals surface area contributed by atoms with Crippen molar-refractivity contribution in [3.8, 4) is 0 Å². The maximum atomic E-state index is 12.0. The van der Waals surface area contributed by atoms with Gasteiger partial charge in [0.05, 0.1) is 0 Å². The number of carbonyl (C=O) groups is 1. The van der Waals surface area contributed by atoms with Crippen LogP contribution in [-0.2, 0) is 0 Å². The van der Waals surface area contributed by atoms with Gasteiger partial charge in [0.15, 0.2) is 5.78 Å². The standard InChI is InChI=1S/C15H19Cl2NO/c1-12-3-4-14(11-13(12)2)15(19)5-8-18(9-6-16)10-7-17/h3-5,8,11H,6-7,9-10H2,1-2H3. The van der Waals surface area contributed by atoms with Crippen LogP contribution >= 0.6 is 23.2 Å². The Labute approximate surface area is 125 Å². The number of hydrogen-bond donors (Lipinski definition) is 0. The largest absolute Gasteiger partial charge is 0.375 e. The molecule has 0 aliphatic heterocycles. The molecule has 0 aromatic heterocycles. The van der Waals surface area contributed by atoms with E-state index < -0.39 is 0 Å². The molecular weight excluding hydrogens is 281 g/mol. The minimum Gasteiger partial charge on any atom is -0.375 e. The van der Waals surface area contributed by atoms with Gasteiger partial charge in [-0.1, -0.05) is 12.1 Å². The van der Waals surface area contributed by atoms with Crippen LogP contribution in [-0.4, -0.2) is 35.5 Å². The summed E-state index contributed by atoms with van der Waals surface area (Å²) in [6.07, 6.45) is 3.34. The molecule has 0 unspecified atom stereocenters. The van der Waals surface area contributed by atoms with Crippen molar-refractivity contribution < 1.29 is 4.79 Å². The van der Waals surface area contributed by atoms with Gasteiger partial charge in [0.25, 0.3) is 0 Å². The molecule has 0 atom stereocenters. The maximum Gasteiger partial charge on any atom is 0.187 e. The monoisotopic (exact) mass is 299 g/mol. The fourth-order valence-corrected chi connectivity index (χ4v) is 2.08. The Morgan fingerprint density at radius 2 is 1.79 bits per heavy atom. The average Bonchev–Trinajstić information content (AvgIpc) is 2.39. The normalized spacial score (nSPS) is 10.9. The van der Waals surface area contributed by atoms with Crippen LogP contribution in [0, 0.1) is 13.8 Å². The molecule has 0 aliphatic carbocycles. The van der Waals surface area contributed by atoms with E-state index in [1.165, 1.54) is 5.56 Å². The van der Waals surface area contributed by atoms with Crippen LogP contribution in [0.25, 0.3) is 0 Å². The molecule has 4 heteroatoms. The highest BCUT2D eigenvalue weighted by atomic mass is 35.5. The van der Waals surface area contributed by atoms with Crippen molar-refractivity contribution in [2.75, 3.05) is 24.8 Å². The molecule has 2 nitrogen and oxygen atoms in total. The second-order valence-corrected chi connectivity index (χ2v) is 5.15. The van der Waals surface area contributed by atoms with Gasteiger partial charge in [-0.3, -0.25) is 4.79 Å². The van der Waals surface area contributed by atoms with E-state index in [0.29, 0.717) is 30.4 Å². The molecule has 0 spiro atoms. The zero-order chi connectivity index (χ0) is 14.3. The second kappa shape index (κ2) is 8.23. The zero-order valence-electron chi connectivity index (χ0n) is 11.3. The number of ketones is 1. The third-order valence-corrected chi connectivity index (χ3v) is 3.31. The summed E-state index contributed by atoms with van der Waals surface area (Å²) in [5.41, 5.74) is 3.01. The van der Waals surface area contributed by atoms with E-state index in [2.05, 4.69) is 0 Å². The Bertz CT molecular complexity index is 451. The van der Waals surface area contributed by atoms with Crippen molar-refractivity contribution in [1.82, 2.24) is 4.90 Å². The lowest BCUT2D eigenvalue weighted by atomic mass is 10.0. The highest BCUT2D eigenvalue weighted by molar-refractivity contribution is 6.18. The van der Waals surface area contributed by atoms with E-state index in [1.54, 1.807) is 12.3 Å². The van der Waals surface area contributed by atoms with Crippen molar-refractivity contribution in [2.24, 2.45) is 0 Å². The molecule has 104 valence electrons. The SMILES string of the molecule is Cc1ccc(C(=O)C=CN(CCCl)CCCl)cc1C. The Morgan fingerprint density at radius 3 is 2.32 bits per heavy atom. The molecular formula is C15H19Cl2NO. The van der Waals surface area contributed by atoms with Crippen LogP contribution in [0.3, 0.4) is 0 Å². The molecule has 0 saturated heterocycles. The molecule has 0 aliphatic rings. The minimum absolute atomic E-state index is 0.00255. The summed E-state index contributed by atoms with van der Waals surface area (Å²) >= 11 is 11.4. The van der Waals surface area contributed by atoms with Crippen molar-refractivity contribution in [3.05, 3.63) is 47.2 Å². The Hall–Kier alpha value is -0.990. The van der Waals surface area contributed by atoms with Crippen molar-refractivity contribution in [1.29, 1.82) is 0 Å². The quantitative estimate of drug-likeness (QED) is 0.434. The molecule has 0 bridgehead atoms. The molecule has 0 saturated carbocycles. The van der Waals surface area contributed by atoms with Gasteiger partial charge in [-0.15, -0.1) is 23.2 Å². The van der Waals surface area contributed by atoms with Crippen LogP contribution < -0.4 is 0 Å². The molecule has 1 rings (SSSR count). The number of rotatable bonds is 7. The zero-order valence-corrected chi connectivity index (χ0v) is 12.8. The van der Waals surface area contributed by atoms with Gasteiger partial charge in [-0.05, 0) is 31.0 Å². The summed E-state index contributed by atoms with van der Waals surface area (Å²) in [6, 6.07) is 5.73. The van der Waals surface area contributed by atoms with Gasteiger partial charge in [0.1, 0.15) is 0 Å². The first-order valence-corrected chi connectivity index (χ1v) is 7.31. The third kappa shape index (κ3) is 5.25. The lowest BCUT2D eigenvalue weighted by molar-refractivity contribution is 0.104. The summed E-state index contributed by atoms with van der Waals surface area (Å²) in [5.74, 6) is 1.02. The lowest BCUT2D eigenvalue weighted by Gasteiger charge is -2.16. The highest BCUT2D eigenvalue weighted by Crippen LogP contribution is 2.11. The third-order valence-electron chi connectivity index (χ3n) is 2.97. The molecule has 1 aromatic carbocycles. The van der Waals surface area contributed by atoms with E-state index >= 15 is 0 Å².